The maximum atomic E-state index is 13.1. The molecule has 188 valence electrons. The highest BCUT2D eigenvalue weighted by Crippen LogP contribution is 2.38. The van der Waals surface area contributed by atoms with Crippen LogP contribution in [0.25, 0.3) is 0 Å². The molecule has 0 saturated carbocycles. The second kappa shape index (κ2) is 10.3. The van der Waals surface area contributed by atoms with E-state index in [0.717, 1.165) is 19.4 Å². The molecule has 35 heavy (non-hydrogen) atoms. The predicted molar refractivity (Wildman–Crippen MR) is 124 cm³/mol. The number of carbonyl (C=O) groups is 2. The number of alkyl halides is 3. The van der Waals surface area contributed by atoms with E-state index < -0.39 is 29.9 Å². The van der Waals surface area contributed by atoms with Gasteiger partial charge < -0.3 is 19.1 Å². The number of hydrogen-bond donors (Lipinski definition) is 1. The van der Waals surface area contributed by atoms with Crippen molar-refractivity contribution in [2.24, 2.45) is 0 Å². The van der Waals surface area contributed by atoms with E-state index in [4.69, 9.17) is 9.47 Å². The number of halogens is 3. The van der Waals surface area contributed by atoms with Crippen molar-refractivity contribution in [2.45, 2.75) is 45.2 Å². The van der Waals surface area contributed by atoms with E-state index in [2.05, 4.69) is 10.1 Å². The number of esters is 1. The molecule has 0 aromatic heterocycles. The smallest absolute Gasteiger partial charge is 0.427 e. The summed E-state index contributed by atoms with van der Waals surface area (Å²) in [5, 5.41) is 2.36. The van der Waals surface area contributed by atoms with Crippen LogP contribution in [0.5, 0.6) is 5.75 Å². The van der Waals surface area contributed by atoms with E-state index in [1.165, 1.54) is 19.3 Å². The lowest BCUT2D eigenvalue weighted by Gasteiger charge is -2.37. The zero-order chi connectivity index (χ0) is 25.8. The van der Waals surface area contributed by atoms with Crippen LogP contribution in [0.4, 0.5) is 29.3 Å². The van der Waals surface area contributed by atoms with Crippen LogP contribution in [0.1, 0.15) is 26.3 Å². The van der Waals surface area contributed by atoms with Crippen LogP contribution in [0.2, 0.25) is 0 Å². The molecule has 0 radical (unpaired) electrons. The number of methoxy groups -OCH3 is 1. The summed E-state index contributed by atoms with van der Waals surface area (Å²) >= 11 is 0. The molecule has 0 saturated heterocycles. The molecule has 1 amide bonds. The Labute approximate surface area is 201 Å². The van der Waals surface area contributed by atoms with Gasteiger partial charge in [0.1, 0.15) is 11.9 Å². The molecule has 0 aliphatic carbocycles. The van der Waals surface area contributed by atoms with Gasteiger partial charge in [0.2, 0.25) is 5.60 Å². The maximum absolute atomic E-state index is 13.1. The van der Waals surface area contributed by atoms with Crippen LogP contribution in [-0.4, -0.2) is 43.6 Å². The molecule has 2 aromatic carbocycles. The van der Waals surface area contributed by atoms with Gasteiger partial charge in [0.25, 0.3) is 0 Å². The van der Waals surface area contributed by atoms with Crippen molar-refractivity contribution in [3.8, 4) is 5.75 Å². The first-order chi connectivity index (χ1) is 16.4. The molecule has 1 atom stereocenters. The third-order valence-corrected chi connectivity index (χ3v) is 5.50. The second-order valence-electron chi connectivity index (χ2n) is 8.59. The highest BCUT2D eigenvalue weighted by atomic mass is 19.4. The van der Waals surface area contributed by atoms with Crippen LogP contribution >= 0.6 is 0 Å². The van der Waals surface area contributed by atoms with Crippen molar-refractivity contribution in [2.75, 3.05) is 23.9 Å². The van der Waals surface area contributed by atoms with Gasteiger partial charge in [-0.05, 0) is 50.1 Å². The van der Waals surface area contributed by atoms with Gasteiger partial charge in [0, 0.05) is 18.3 Å². The predicted octanol–water partition coefficient (Wildman–Crippen LogP) is 5.46. The fourth-order valence-corrected chi connectivity index (χ4v) is 3.39. The Hall–Kier alpha value is -3.69. The summed E-state index contributed by atoms with van der Waals surface area (Å²) in [4.78, 5) is 25.9. The average Bonchev–Trinajstić information content (AvgIpc) is 2.78. The van der Waals surface area contributed by atoms with Gasteiger partial charge >= 0.3 is 18.2 Å². The second-order valence-corrected chi connectivity index (χ2v) is 8.59. The third kappa shape index (κ3) is 6.46. The van der Waals surface area contributed by atoms with E-state index in [1.54, 1.807) is 19.1 Å². The van der Waals surface area contributed by atoms with E-state index >= 15 is 0 Å². The van der Waals surface area contributed by atoms with E-state index in [-0.39, 0.29) is 5.69 Å². The van der Waals surface area contributed by atoms with Gasteiger partial charge in [-0.25, -0.2) is 9.59 Å². The Morgan fingerprint density at radius 2 is 1.86 bits per heavy atom. The van der Waals surface area contributed by atoms with E-state index in [9.17, 15) is 22.8 Å². The molecule has 10 heteroatoms. The van der Waals surface area contributed by atoms with Crippen molar-refractivity contribution in [1.29, 1.82) is 0 Å². The number of carbonyl (C=O) groups excluding carboxylic acids is 2. The number of anilines is 2. The number of fused-ring (bicyclic) bond motifs is 1. The molecular weight excluding hydrogens is 465 g/mol. The van der Waals surface area contributed by atoms with Gasteiger partial charge in [-0.2, -0.15) is 13.2 Å². The molecule has 1 heterocycles. The fraction of sp³-hybridized carbons (Fsp3) is 0.360. The number of nitrogens with one attached hydrogen (secondary N) is 1. The van der Waals surface area contributed by atoms with Crippen molar-refractivity contribution < 1.29 is 37.0 Å². The highest BCUT2D eigenvalue weighted by Gasteiger charge is 2.51. The van der Waals surface area contributed by atoms with Crippen molar-refractivity contribution in [1.82, 2.24) is 0 Å². The standard InChI is InChI=1S/C25H27F3N2O5/c1-16(12-22(31)33-4)21-15-30(14-17-8-6-5-7-9-17)19-13-18(10-11-20(19)34-21)29-23(32)35-24(2,3)25(26,27)28/h5-13,21H,14-15H2,1-4H3,(H,29,32)/t21-/m1/s1. The number of amides is 1. The zero-order valence-corrected chi connectivity index (χ0v) is 19.8. The number of ether oxygens (including phenoxy) is 3. The van der Waals surface area contributed by atoms with Crippen molar-refractivity contribution >= 4 is 23.4 Å². The number of rotatable bonds is 6. The first-order valence-electron chi connectivity index (χ1n) is 10.8. The van der Waals surface area contributed by atoms with E-state index in [0.29, 0.717) is 30.1 Å². The van der Waals surface area contributed by atoms with Gasteiger partial charge in [-0.1, -0.05) is 30.3 Å². The van der Waals surface area contributed by atoms with Crippen molar-refractivity contribution in [3.63, 3.8) is 0 Å². The molecule has 0 spiro atoms. The molecule has 0 unspecified atom stereocenters. The maximum Gasteiger partial charge on any atom is 0.427 e. The van der Waals surface area contributed by atoms with Crippen LogP contribution in [-0.2, 0) is 20.8 Å². The summed E-state index contributed by atoms with van der Waals surface area (Å²) in [6.45, 7) is 4.20. The lowest BCUT2D eigenvalue weighted by atomic mass is 10.1. The van der Waals surface area contributed by atoms with Gasteiger partial charge in [0.05, 0.1) is 19.3 Å². The van der Waals surface area contributed by atoms with Crippen LogP contribution in [0.15, 0.2) is 60.2 Å². The average molecular weight is 492 g/mol. The minimum atomic E-state index is -4.72. The minimum absolute atomic E-state index is 0.244. The number of hydrogen-bond acceptors (Lipinski definition) is 6. The molecular formula is C25H27F3N2O5. The summed E-state index contributed by atoms with van der Waals surface area (Å²) in [5.41, 5.74) is -0.0959. The lowest BCUT2D eigenvalue weighted by Crippen LogP contribution is -2.44. The first-order valence-corrected chi connectivity index (χ1v) is 10.8. The van der Waals surface area contributed by atoms with Gasteiger partial charge in [-0.15, -0.1) is 0 Å². The molecule has 3 rings (SSSR count). The number of nitrogens with zero attached hydrogens (tertiary/aromatic N) is 1. The van der Waals surface area contributed by atoms with Crippen molar-refractivity contribution in [3.05, 3.63) is 65.7 Å². The zero-order valence-electron chi connectivity index (χ0n) is 19.8. The molecule has 2 aromatic rings. The summed E-state index contributed by atoms with van der Waals surface area (Å²) in [5.74, 6) is -0.00400. The topological polar surface area (TPSA) is 77.1 Å². The lowest BCUT2D eigenvalue weighted by molar-refractivity contribution is -0.242. The Bertz CT molecular complexity index is 1100. The highest BCUT2D eigenvalue weighted by molar-refractivity contribution is 5.86. The Kier molecular flexibility index (Phi) is 7.62. The quantitative estimate of drug-likeness (QED) is 0.426. The molecule has 1 aliphatic heterocycles. The van der Waals surface area contributed by atoms with Crippen LogP contribution in [0, 0.1) is 0 Å². The normalized spacial score (nSPS) is 16.1. The Morgan fingerprint density at radius 3 is 2.49 bits per heavy atom. The Balaban J connectivity index is 1.87. The summed E-state index contributed by atoms with van der Waals surface area (Å²) in [7, 11) is 1.29. The first kappa shape index (κ1) is 25.9. The minimum Gasteiger partial charge on any atom is -0.482 e. The largest absolute Gasteiger partial charge is 0.482 e. The summed E-state index contributed by atoms with van der Waals surface area (Å²) in [6, 6.07) is 14.4. The Morgan fingerprint density at radius 1 is 1.17 bits per heavy atom. The van der Waals surface area contributed by atoms with Gasteiger partial charge in [0.15, 0.2) is 0 Å². The van der Waals surface area contributed by atoms with Gasteiger partial charge in [-0.3, -0.25) is 5.32 Å². The SMILES string of the molecule is COC(=O)C=C(C)[C@H]1CN(Cc2ccccc2)c2cc(NC(=O)OC(C)(C)C(F)(F)F)ccc2O1. The molecule has 7 nitrogen and oxygen atoms in total. The fourth-order valence-electron chi connectivity index (χ4n) is 3.39. The number of benzene rings is 2. The summed E-state index contributed by atoms with van der Waals surface area (Å²) < 4.78 is 54.6. The van der Waals surface area contributed by atoms with Crippen LogP contribution in [0.3, 0.4) is 0 Å². The van der Waals surface area contributed by atoms with E-state index in [1.807, 2.05) is 35.2 Å². The molecule has 0 fully saturated rings. The molecule has 0 bridgehead atoms. The van der Waals surface area contributed by atoms with Crippen LogP contribution < -0.4 is 15.0 Å². The monoisotopic (exact) mass is 492 g/mol. The molecule has 1 aliphatic rings. The summed E-state index contributed by atoms with van der Waals surface area (Å²) in [6.07, 6.45) is -5.02. The third-order valence-electron chi connectivity index (χ3n) is 5.50. The molecule has 1 N–H and O–H groups in total.